The average Bonchev–Trinajstić information content (AvgIpc) is 2.68. The molecule has 1 aliphatic carbocycles. The van der Waals surface area contributed by atoms with Crippen molar-refractivity contribution in [3.05, 3.63) is 11.6 Å². The van der Waals surface area contributed by atoms with Crippen LogP contribution in [0, 0.1) is 35.0 Å². The number of hydrogen-bond donors (Lipinski definition) is 0. The van der Waals surface area contributed by atoms with E-state index in [0.717, 1.165) is 6.42 Å². The summed E-state index contributed by atoms with van der Waals surface area (Å²) in [6.07, 6.45) is 3.22. The first-order valence-electron chi connectivity index (χ1n) is 7.67. The van der Waals surface area contributed by atoms with Crippen LogP contribution in [0.4, 0.5) is 0 Å². The molecule has 3 heteroatoms. The number of cyclic esters (lactones) is 2. The Morgan fingerprint density at radius 3 is 2.30 bits per heavy atom. The standard InChI is InChI=1S/C17H26O3/c1-7-17(6,9(2)3)12-8-10(4)11(5)13-14(12)16(19)20-15(13)18/h8-9,11-14H,7H2,1-6H3. The molecule has 2 aliphatic rings. The third-order valence-electron chi connectivity index (χ3n) is 6.06. The molecule has 0 saturated carbocycles. The summed E-state index contributed by atoms with van der Waals surface area (Å²) < 4.78 is 4.97. The minimum absolute atomic E-state index is 0.00789. The van der Waals surface area contributed by atoms with Crippen molar-refractivity contribution in [2.24, 2.45) is 35.0 Å². The highest BCUT2D eigenvalue weighted by Crippen LogP contribution is 2.53. The molecule has 3 nitrogen and oxygen atoms in total. The van der Waals surface area contributed by atoms with E-state index in [-0.39, 0.29) is 41.0 Å². The van der Waals surface area contributed by atoms with E-state index in [0.29, 0.717) is 5.92 Å². The Balaban J connectivity index is 2.52. The van der Waals surface area contributed by atoms with Gasteiger partial charge >= 0.3 is 11.9 Å². The first kappa shape index (κ1) is 15.3. The van der Waals surface area contributed by atoms with Crippen LogP contribution in [0.3, 0.4) is 0 Å². The molecule has 0 aromatic rings. The molecule has 20 heavy (non-hydrogen) atoms. The van der Waals surface area contributed by atoms with E-state index in [2.05, 4.69) is 40.7 Å². The maximum absolute atomic E-state index is 12.2. The molecule has 0 amide bonds. The van der Waals surface area contributed by atoms with E-state index < -0.39 is 0 Å². The lowest BCUT2D eigenvalue weighted by Gasteiger charge is -2.45. The minimum Gasteiger partial charge on any atom is -0.393 e. The molecule has 0 aromatic carbocycles. The minimum atomic E-state index is -0.327. The molecule has 0 spiro atoms. The van der Waals surface area contributed by atoms with Crippen molar-refractivity contribution in [1.29, 1.82) is 0 Å². The Kier molecular flexibility index (Phi) is 3.83. The number of ether oxygens (including phenoxy) is 1. The number of fused-ring (bicyclic) bond motifs is 1. The number of carbonyl (C=O) groups is 2. The second-order valence-corrected chi connectivity index (χ2v) is 7.03. The van der Waals surface area contributed by atoms with Gasteiger partial charge in [0.25, 0.3) is 0 Å². The zero-order chi connectivity index (χ0) is 15.2. The van der Waals surface area contributed by atoms with E-state index in [1.807, 2.05) is 6.92 Å². The Labute approximate surface area is 121 Å². The maximum Gasteiger partial charge on any atom is 0.318 e. The molecule has 5 unspecified atom stereocenters. The molecule has 1 saturated heterocycles. The average molecular weight is 278 g/mol. The second-order valence-electron chi connectivity index (χ2n) is 7.03. The Bertz CT molecular complexity index is 463. The summed E-state index contributed by atoms with van der Waals surface area (Å²) in [5.74, 6) is -0.598. The molecule has 1 aliphatic heterocycles. The van der Waals surface area contributed by atoms with Crippen molar-refractivity contribution in [3.63, 3.8) is 0 Å². The van der Waals surface area contributed by atoms with Gasteiger partial charge < -0.3 is 4.74 Å². The van der Waals surface area contributed by atoms with Gasteiger partial charge in [-0.05, 0) is 36.5 Å². The zero-order valence-electron chi connectivity index (χ0n) is 13.4. The van der Waals surface area contributed by atoms with Gasteiger partial charge in [0.05, 0.1) is 11.8 Å². The van der Waals surface area contributed by atoms with Crippen molar-refractivity contribution < 1.29 is 14.3 Å². The predicted octanol–water partition coefficient (Wildman–Crippen LogP) is 3.59. The largest absolute Gasteiger partial charge is 0.393 e. The number of hydrogen-bond acceptors (Lipinski definition) is 3. The van der Waals surface area contributed by atoms with Crippen LogP contribution in [0.5, 0.6) is 0 Å². The third kappa shape index (κ3) is 2.02. The van der Waals surface area contributed by atoms with E-state index >= 15 is 0 Å². The number of rotatable bonds is 3. The molecule has 2 rings (SSSR count). The van der Waals surface area contributed by atoms with Gasteiger partial charge in [-0.15, -0.1) is 0 Å². The highest BCUT2D eigenvalue weighted by atomic mass is 16.6. The molecule has 0 aromatic heterocycles. The highest BCUT2D eigenvalue weighted by molar-refractivity contribution is 5.97. The summed E-state index contributed by atoms with van der Waals surface area (Å²) in [4.78, 5) is 24.2. The van der Waals surface area contributed by atoms with Gasteiger partial charge in [-0.1, -0.05) is 46.3 Å². The number of allylic oxidation sites excluding steroid dienone is 2. The molecule has 0 radical (unpaired) electrons. The van der Waals surface area contributed by atoms with Crippen LogP contribution in [0.25, 0.3) is 0 Å². The lowest BCUT2D eigenvalue weighted by Crippen LogP contribution is -2.44. The summed E-state index contributed by atoms with van der Waals surface area (Å²) in [5.41, 5.74) is 1.22. The topological polar surface area (TPSA) is 43.4 Å². The van der Waals surface area contributed by atoms with Crippen LogP contribution < -0.4 is 0 Å². The van der Waals surface area contributed by atoms with Crippen LogP contribution in [0.15, 0.2) is 11.6 Å². The fourth-order valence-corrected chi connectivity index (χ4v) is 3.86. The highest BCUT2D eigenvalue weighted by Gasteiger charge is 2.56. The predicted molar refractivity (Wildman–Crippen MR) is 77.7 cm³/mol. The molecule has 0 N–H and O–H groups in total. The lowest BCUT2D eigenvalue weighted by atomic mass is 9.56. The van der Waals surface area contributed by atoms with Crippen molar-refractivity contribution in [2.75, 3.05) is 0 Å². The summed E-state index contributed by atoms with van der Waals surface area (Å²) in [6, 6.07) is 0. The van der Waals surface area contributed by atoms with Gasteiger partial charge in [0, 0.05) is 0 Å². The van der Waals surface area contributed by atoms with E-state index in [1.54, 1.807) is 0 Å². The number of carbonyl (C=O) groups excluding carboxylic acids is 2. The fraction of sp³-hybridized carbons (Fsp3) is 0.765. The molecule has 5 atom stereocenters. The van der Waals surface area contributed by atoms with E-state index in [4.69, 9.17) is 4.74 Å². The molecule has 1 fully saturated rings. The third-order valence-corrected chi connectivity index (χ3v) is 6.06. The van der Waals surface area contributed by atoms with E-state index in [1.165, 1.54) is 5.57 Å². The van der Waals surface area contributed by atoms with Crippen molar-refractivity contribution >= 4 is 11.9 Å². The molecule has 1 heterocycles. The fourth-order valence-electron chi connectivity index (χ4n) is 3.86. The van der Waals surface area contributed by atoms with E-state index in [9.17, 15) is 9.59 Å². The van der Waals surface area contributed by atoms with Crippen LogP contribution in [0.2, 0.25) is 0 Å². The van der Waals surface area contributed by atoms with Gasteiger partial charge in [-0.2, -0.15) is 0 Å². The summed E-state index contributed by atoms with van der Waals surface area (Å²) in [6.45, 7) is 12.9. The van der Waals surface area contributed by atoms with Crippen LogP contribution >= 0.6 is 0 Å². The summed E-state index contributed by atoms with van der Waals surface area (Å²) in [5, 5.41) is 0. The second kappa shape index (κ2) is 5.01. The molecular formula is C17H26O3. The SMILES string of the molecule is CCC(C)(C(C)C)C1C=C(C)C(C)C2C(=O)OC(=O)C21. The molecule has 112 valence electrons. The van der Waals surface area contributed by atoms with Crippen molar-refractivity contribution in [3.8, 4) is 0 Å². The molecular weight excluding hydrogens is 252 g/mol. The Hall–Kier alpha value is -1.12. The summed E-state index contributed by atoms with van der Waals surface area (Å²) >= 11 is 0. The first-order valence-corrected chi connectivity index (χ1v) is 7.67. The number of esters is 2. The lowest BCUT2D eigenvalue weighted by molar-refractivity contribution is -0.154. The monoisotopic (exact) mass is 278 g/mol. The van der Waals surface area contributed by atoms with Gasteiger partial charge in [0.1, 0.15) is 0 Å². The van der Waals surface area contributed by atoms with Gasteiger partial charge in [-0.25, -0.2) is 0 Å². The smallest absolute Gasteiger partial charge is 0.318 e. The Morgan fingerprint density at radius 2 is 1.80 bits per heavy atom. The van der Waals surface area contributed by atoms with Gasteiger partial charge in [0.2, 0.25) is 0 Å². The normalized spacial score (nSPS) is 36.5. The van der Waals surface area contributed by atoms with Crippen LogP contribution in [0.1, 0.15) is 48.0 Å². The van der Waals surface area contributed by atoms with Crippen LogP contribution in [-0.4, -0.2) is 11.9 Å². The summed E-state index contributed by atoms with van der Waals surface area (Å²) in [7, 11) is 0. The van der Waals surface area contributed by atoms with Gasteiger partial charge in [0.15, 0.2) is 0 Å². The van der Waals surface area contributed by atoms with Gasteiger partial charge in [-0.3, -0.25) is 9.59 Å². The zero-order valence-corrected chi connectivity index (χ0v) is 13.4. The van der Waals surface area contributed by atoms with Crippen molar-refractivity contribution in [2.45, 2.75) is 48.0 Å². The van der Waals surface area contributed by atoms with Crippen molar-refractivity contribution in [1.82, 2.24) is 0 Å². The van der Waals surface area contributed by atoms with Crippen LogP contribution in [-0.2, 0) is 14.3 Å². The molecule has 0 bridgehead atoms. The maximum atomic E-state index is 12.2. The quantitative estimate of drug-likeness (QED) is 0.450. The first-order chi connectivity index (χ1) is 9.24. The Morgan fingerprint density at radius 1 is 1.25 bits per heavy atom.